The summed E-state index contributed by atoms with van der Waals surface area (Å²) in [6, 6.07) is 77.9. The molecule has 0 saturated heterocycles. The van der Waals surface area contributed by atoms with E-state index < -0.39 is 0 Å². The Hall–Kier alpha value is -6.50. The molecule has 0 N–H and O–H groups in total. The second kappa shape index (κ2) is 57.5. The van der Waals surface area contributed by atoms with Gasteiger partial charge < -0.3 is 0 Å². The molecule has 0 fully saturated rings. The van der Waals surface area contributed by atoms with Crippen molar-refractivity contribution in [3.63, 3.8) is 0 Å². The zero-order valence-electron chi connectivity index (χ0n) is 80.8. The lowest BCUT2D eigenvalue weighted by Gasteiger charge is -2.23. The third-order valence-corrected chi connectivity index (χ3v) is 13.5. The van der Waals surface area contributed by atoms with Gasteiger partial charge in [0, 0.05) is 0 Å². The summed E-state index contributed by atoms with van der Waals surface area (Å²) in [6.07, 6.45) is 0. The average Bonchev–Trinajstić information content (AvgIpc) is 0.821. The van der Waals surface area contributed by atoms with Gasteiger partial charge in [-0.05, 0) is 131 Å². The Morgan fingerprint density at radius 3 is 0.731 bits per heavy atom. The van der Waals surface area contributed by atoms with Crippen molar-refractivity contribution in [2.45, 2.75) is 365 Å². The molecule has 0 radical (unpaired) electrons. The molecule has 0 bridgehead atoms. The Morgan fingerprint density at radius 1 is 0.157 bits per heavy atom. The summed E-state index contributed by atoms with van der Waals surface area (Å²) in [7, 11) is 0. The van der Waals surface area contributed by atoms with Crippen LogP contribution in [0.1, 0.15) is 366 Å². The molecule has 0 aliphatic carbocycles. The maximum Gasteiger partial charge on any atom is -0.0126 e. The number of hydrogen-bond donors (Lipinski definition) is 0. The molecule has 9 rings (SSSR count). The lowest BCUT2D eigenvalue weighted by atomic mass is 9.82. The topological polar surface area (TPSA) is 0 Å². The van der Waals surface area contributed by atoms with Crippen LogP contribution in [0.4, 0.5) is 0 Å². The third-order valence-electron chi connectivity index (χ3n) is 13.5. The molecule has 0 amide bonds. The number of benzene rings is 9. The molecule has 9 aromatic rings. The van der Waals surface area contributed by atoms with Crippen molar-refractivity contribution in [1.82, 2.24) is 0 Å². The molecular formula is C108H180. The molecule has 0 spiro atoms. The van der Waals surface area contributed by atoms with Crippen LogP contribution in [0.5, 0.6) is 0 Å². The van der Waals surface area contributed by atoms with E-state index in [2.05, 4.69) is 454 Å². The van der Waals surface area contributed by atoms with Gasteiger partial charge in [0.2, 0.25) is 0 Å². The van der Waals surface area contributed by atoms with Crippen molar-refractivity contribution in [2.75, 3.05) is 0 Å². The monoisotopic (exact) mass is 1480 g/mol. The number of hydrogen-bond acceptors (Lipinski definition) is 0. The van der Waals surface area contributed by atoms with Crippen LogP contribution in [0.2, 0.25) is 0 Å². The first-order chi connectivity index (χ1) is 49.5. The summed E-state index contributed by atoms with van der Waals surface area (Å²) >= 11 is 0. The molecule has 0 nitrogen and oxygen atoms in total. The number of rotatable bonds is 2. The highest BCUT2D eigenvalue weighted by atomic mass is 14.2. The molecule has 9 aromatic carbocycles. The first-order valence-corrected chi connectivity index (χ1v) is 41.9. The highest BCUT2D eigenvalue weighted by Gasteiger charge is 2.20. The van der Waals surface area contributed by atoms with Crippen LogP contribution in [-0.2, 0) is 32.5 Å². The van der Waals surface area contributed by atoms with E-state index in [1.807, 2.05) is 96.9 Å². The van der Waals surface area contributed by atoms with E-state index in [4.69, 9.17) is 0 Å². The minimum Gasteiger partial charge on any atom is -0.0683 e. The molecule has 0 atom stereocenters. The second-order valence-electron chi connectivity index (χ2n) is 38.0. The van der Waals surface area contributed by atoms with Crippen LogP contribution in [0.3, 0.4) is 0 Å². The summed E-state index contributed by atoms with van der Waals surface area (Å²) in [5.74, 6) is 0. The highest BCUT2D eigenvalue weighted by Crippen LogP contribution is 2.35. The largest absolute Gasteiger partial charge is 0.0683 e. The fourth-order valence-corrected chi connectivity index (χ4v) is 8.81. The predicted octanol–water partition coefficient (Wildman–Crippen LogP) is 37.3. The van der Waals surface area contributed by atoms with Crippen molar-refractivity contribution in [2.24, 2.45) is 21.7 Å². The molecule has 0 heterocycles. The number of fused-ring (bicyclic) bond motifs is 2. The standard InChI is InChI=1S/C20H26.C16H18.2C14H16.C10H14.4C5H12.7C2H6/c1-19(2,3)17-11-7-9-15(13-17)16-10-8-12-18(14-16)20(4,5)6;1-16(2,3)15-12-8-7-11-14(15)13-9-5-4-6-10-13;1-14(2,3)13-10-6-8-11-7-4-5-9-12(11)13;1-14(2,3)13-9-8-11-6-4-5-7-12(11)10-13;1-10(2,3)9-7-5-4-6-8-9;4*1-5(2,3)4;7*1-2/h7-14H,1-6H3;4-12H,1-3H3;2*4-10H,1-3H3;4-8H,1-3H3;4*1-4H3;7*1-2H3. The van der Waals surface area contributed by atoms with E-state index in [1.54, 1.807) is 0 Å². The van der Waals surface area contributed by atoms with Crippen molar-refractivity contribution in [3.8, 4) is 22.3 Å². The Balaban J connectivity index is -0.000000215. The van der Waals surface area contributed by atoms with Crippen molar-refractivity contribution in [3.05, 3.63) is 252 Å². The first kappa shape index (κ1) is 115. The van der Waals surface area contributed by atoms with Crippen LogP contribution in [-0.4, -0.2) is 0 Å². The fourth-order valence-electron chi connectivity index (χ4n) is 8.81. The third kappa shape index (κ3) is 61.3. The maximum absolute atomic E-state index is 2.32. The molecule has 612 valence electrons. The van der Waals surface area contributed by atoms with Gasteiger partial charge in [-0.25, -0.2) is 0 Å². The Labute approximate surface area is 677 Å². The smallest absolute Gasteiger partial charge is 0.0126 e. The zero-order chi connectivity index (χ0) is 86.5. The van der Waals surface area contributed by atoms with E-state index >= 15 is 0 Å². The lowest BCUT2D eigenvalue weighted by molar-refractivity contribution is 0.469. The zero-order valence-corrected chi connectivity index (χ0v) is 80.8. The molecule has 0 unspecified atom stereocenters. The molecule has 0 aromatic heterocycles. The summed E-state index contributed by atoms with van der Waals surface area (Å²) in [5, 5.41) is 5.36. The SMILES string of the molecule is CC.CC.CC.CC.CC.CC.CC.CC(C)(C)C.CC(C)(C)C.CC(C)(C)C.CC(C)(C)C.CC(C)(C)c1ccc2ccccc2c1.CC(C)(C)c1cccc(-c2cccc(C(C)(C)C)c2)c1.CC(C)(C)c1cccc2ccccc12.CC(C)(C)c1ccccc1.CC(C)(C)c1ccccc1-c1ccccc1. The Kier molecular flexibility index (Phi) is 61.2. The lowest BCUT2D eigenvalue weighted by Crippen LogP contribution is -2.12. The van der Waals surface area contributed by atoms with Crippen molar-refractivity contribution >= 4 is 21.5 Å². The normalized spacial score (nSPS) is 10.8. The highest BCUT2D eigenvalue weighted by molar-refractivity contribution is 5.86. The van der Waals surface area contributed by atoms with Gasteiger partial charge in [-0.2, -0.15) is 0 Å². The van der Waals surface area contributed by atoms with Gasteiger partial charge in [0.1, 0.15) is 0 Å². The van der Waals surface area contributed by atoms with Gasteiger partial charge >= 0.3 is 0 Å². The Bertz CT molecular complexity index is 3390. The molecule has 108 heavy (non-hydrogen) atoms. The van der Waals surface area contributed by atoms with Crippen molar-refractivity contribution in [1.29, 1.82) is 0 Å². The van der Waals surface area contributed by atoms with Crippen molar-refractivity contribution < 1.29 is 0 Å². The molecule has 0 aliphatic rings. The molecule has 0 heteroatoms. The summed E-state index contributed by atoms with van der Waals surface area (Å²) in [6.45, 7) is 104. The minimum absolute atomic E-state index is 0.187. The van der Waals surface area contributed by atoms with Gasteiger partial charge in [-0.1, -0.05) is 551 Å². The van der Waals surface area contributed by atoms with Gasteiger partial charge in [-0.15, -0.1) is 0 Å². The molecule has 0 saturated carbocycles. The quantitative estimate of drug-likeness (QED) is 0.162. The van der Waals surface area contributed by atoms with Crippen LogP contribution in [0.25, 0.3) is 43.8 Å². The van der Waals surface area contributed by atoms with Gasteiger partial charge in [-0.3, -0.25) is 0 Å². The van der Waals surface area contributed by atoms with E-state index in [-0.39, 0.29) is 27.1 Å². The van der Waals surface area contributed by atoms with E-state index in [0.29, 0.717) is 27.1 Å². The van der Waals surface area contributed by atoms with Crippen LogP contribution < -0.4 is 0 Å². The van der Waals surface area contributed by atoms with Crippen LogP contribution in [0, 0.1) is 21.7 Å². The van der Waals surface area contributed by atoms with E-state index in [9.17, 15) is 0 Å². The fraction of sp³-hybridized carbons (Fsp3) is 0.537. The Morgan fingerprint density at radius 2 is 0.398 bits per heavy atom. The van der Waals surface area contributed by atoms with Gasteiger partial charge in [0.05, 0.1) is 0 Å². The van der Waals surface area contributed by atoms with E-state index in [0.717, 1.165) is 0 Å². The predicted molar refractivity (Wildman–Crippen MR) is 510 cm³/mol. The van der Waals surface area contributed by atoms with Gasteiger partial charge in [0.25, 0.3) is 0 Å². The van der Waals surface area contributed by atoms with Crippen LogP contribution in [0.15, 0.2) is 218 Å². The minimum atomic E-state index is 0.187. The van der Waals surface area contributed by atoms with E-state index in [1.165, 1.54) is 77.2 Å². The van der Waals surface area contributed by atoms with Gasteiger partial charge in [0.15, 0.2) is 0 Å². The molecular weight excluding hydrogens is 1300 g/mol. The first-order valence-electron chi connectivity index (χ1n) is 41.9. The van der Waals surface area contributed by atoms with Crippen LogP contribution >= 0.6 is 0 Å². The second-order valence-corrected chi connectivity index (χ2v) is 38.0. The maximum atomic E-state index is 2.32. The average molecular weight is 1480 g/mol. The summed E-state index contributed by atoms with van der Waals surface area (Å²) in [4.78, 5) is 0. The molecule has 0 aliphatic heterocycles. The summed E-state index contributed by atoms with van der Waals surface area (Å²) < 4.78 is 0. The summed E-state index contributed by atoms with van der Waals surface area (Å²) in [5.41, 5.74) is 17.0.